The number of hydrogen-bond acceptors (Lipinski definition) is 3. The van der Waals surface area contributed by atoms with Crippen LogP contribution in [0.1, 0.15) is 18.2 Å². The van der Waals surface area contributed by atoms with Gasteiger partial charge in [0.05, 0.1) is 0 Å². The number of nitrogens with one attached hydrogen (secondary N) is 2. The molecule has 0 aliphatic rings. The number of benzene rings is 2. The van der Waals surface area contributed by atoms with E-state index < -0.39 is 5.82 Å². The average Bonchev–Trinajstić information content (AvgIpc) is 2.67. The van der Waals surface area contributed by atoms with Crippen molar-refractivity contribution >= 4 is 17.7 Å². The van der Waals surface area contributed by atoms with E-state index in [0.29, 0.717) is 34.8 Å². The Morgan fingerprint density at radius 2 is 2.00 bits per heavy atom. The normalized spacial score (nSPS) is 10.9. The van der Waals surface area contributed by atoms with Gasteiger partial charge in [-0.3, -0.25) is 9.59 Å². The zero-order valence-corrected chi connectivity index (χ0v) is 14.7. The summed E-state index contributed by atoms with van der Waals surface area (Å²) in [4.78, 5) is 31.0. The number of rotatable bonds is 5. The first-order valence-electron chi connectivity index (χ1n) is 8.49. The van der Waals surface area contributed by atoms with E-state index in [4.69, 9.17) is 0 Å². The van der Waals surface area contributed by atoms with E-state index >= 15 is 0 Å². The molecule has 1 heterocycles. The number of halogens is 1. The van der Waals surface area contributed by atoms with E-state index in [2.05, 4.69) is 15.3 Å². The van der Waals surface area contributed by atoms with Gasteiger partial charge < -0.3 is 10.3 Å². The van der Waals surface area contributed by atoms with Crippen LogP contribution in [0.15, 0.2) is 65.5 Å². The highest BCUT2D eigenvalue weighted by Gasteiger charge is 2.06. The lowest BCUT2D eigenvalue weighted by Crippen LogP contribution is -2.10. The lowest BCUT2D eigenvalue weighted by molar-refractivity contribution is -0.111. The summed E-state index contributed by atoms with van der Waals surface area (Å²) in [7, 11) is 0. The molecule has 0 saturated carbocycles. The summed E-state index contributed by atoms with van der Waals surface area (Å²) >= 11 is 0. The van der Waals surface area contributed by atoms with Crippen molar-refractivity contribution < 1.29 is 9.18 Å². The molecular weight excluding hydrogens is 345 g/mol. The molecule has 0 aliphatic carbocycles. The van der Waals surface area contributed by atoms with Gasteiger partial charge in [0.25, 0.3) is 5.56 Å². The van der Waals surface area contributed by atoms with Crippen molar-refractivity contribution in [3.8, 4) is 11.4 Å². The van der Waals surface area contributed by atoms with Gasteiger partial charge in [0.2, 0.25) is 5.91 Å². The first-order chi connectivity index (χ1) is 13.0. The minimum atomic E-state index is -0.394. The van der Waals surface area contributed by atoms with E-state index in [9.17, 15) is 14.0 Å². The van der Waals surface area contributed by atoms with Gasteiger partial charge in [-0.15, -0.1) is 0 Å². The van der Waals surface area contributed by atoms with Crippen LogP contribution in [0.25, 0.3) is 17.5 Å². The summed E-state index contributed by atoms with van der Waals surface area (Å²) < 4.78 is 13.6. The lowest BCUT2D eigenvalue weighted by Gasteiger charge is -2.06. The molecule has 5 nitrogen and oxygen atoms in total. The summed E-state index contributed by atoms with van der Waals surface area (Å²) in [5.74, 6) is -0.342. The number of carbonyl (C=O) groups is 1. The molecule has 2 N–H and O–H groups in total. The number of anilines is 1. The zero-order chi connectivity index (χ0) is 19.2. The fourth-order valence-corrected chi connectivity index (χ4v) is 2.53. The number of aryl methyl sites for hydroxylation is 1. The molecule has 3 rings (SSSR count). The quantitative estimate of drug-likeness (QED) is 0.677. The number of aromatic nitrogens is 2. The highest BCUT2D eigenvalue weighted by Crippen LogP contribution is 2.19. The Morgan fingerprint density at radius 3 is 2.78 bits per heavy atom. The largest absolute Gasteiger partial charge is 0.322 e. The van der Waals surface area contributed by atoms with Crippen molar-refractivity contribution in [2.24, 2.45) is 0 Å². The van der Waals surface area contributed by atoms with Crippen molar-refractivity contribution in [1.82, 2.24) is 9.97 Å². The molecular formula is C21H18FN3O2. The summed E-state index contributed by atoms with van der Waals surface area (Å²) in [5.41, 5.74) is 2.02. The van der Waals surface area contributed by atoms with Crippen LogP contribution < -0.4 is 10.9 Å². The van der Waals surface area contributed by atoms with Crippen LogP contribution in [-0.2, 0) is 11.2 Å². The van der Waals surface area contributed by atoms with Crippen molar-refractivity contribution in [2.75, 3.05) is 5.32 Å². The topological polar surface area (TPSA) is 74.8 Å². The Kier molecular flexibility index (Phi) is 5.56. The van der Waals surface area contributed by atoms with Gasteiger partial charge in [-0.05, 0) is 30.7 Å². The van der Waals surface area contributed by atoms with Crippen molar-refractivity contribution in [2.45, 2.75) is 13.3 Å². The van der Waals surface area contributed by atoms with Crippen LogP contribution in [0.3, 0.4) is 0 Å². The number of amides is 1. The number of carbonyl (C=O) groups excluding carboxylic acids is 1. The third-order valence-corrected chi connectivity index (χ3v) is 3.88. The van der Waals surface area contributed by atoms with Crippen molar-refractivity contribution in [3.63, 3.8) is 0 Å². The van der Waals surface area contributed by atoms with Gasteiger partial charge in [-0.2, -0.15) is 0 Å². The molecule has 0 fully saturated rings. The predicted octanol–water partition coefficient (Wildman–Crippen LogP) is 3.79. The van der Waals surface area contributed by atoms with Gasteiger partial charge in [0.1, 0.15) is 11.6 Å². The molecule has 0 radical (unpaired) electrons. The van der Waals surface area contributed by atoms with E-state index in [1.54, 1.807) is 42.5 Å². The van der Waals surface area contributed by atoms with Crippen LogP contribution >= 0.6 is 0 Å². The van der Waals surface area contributed by atoms with Gasteiger partial charge in [-0.25, -0.2) is 9.37 Å². The molecule has 136 valence electrons. The van der Waals surface area contributed by atoms with E-state index in [-0.39, 0.29) is 11.5 Å². The average molecular weight is 363 g/mol. The molecule has 3 aromatic rings. The molecule has 27 heavy (non-hydrogen) atoms. The van der Waals surface area contributed by atoms with Crippen LogP contribution in [-0.4, -0.2) is 15.9 Å². The molecule has 0 spiro atoms. The van der Waals surface area contributed by atoms with Gasteiger partial charge >= 0.3 is 0 Å². The zero-order valence-electron chi connectivity index (χ0n) is 14.7. The lowest BCUT2D eigenvalue weighted by atomic mass is 10.1. The molecule has 0 unspecified atom stereocenters. The monoisotopic (exact) mass is 363 g/mol. The van der Waals surface area contributed by atoms with Crippen LogP contribution in [0, 0.1) is 5.82 Å². The second-order valence-corrected chi connectivity index (χ2v) is 5.86. The van der Waals surface area contributed by atoms with E-state index in [1.165, 1.54) is 24.3 Å². The Labute approximate surface area is 155 Å². The number of H-pyrrole nitrogens is 1. The fraction of sp³-hybridized carbons (Fsp3) is 0.0952. The summed E-state index contributed by atoms with van der Waals surface area (Å²) in [5, 5.41) is 2.72. The number of aromatic amines is 1. The molecule has 1 aromatic heterocycles. The van der Waals surface area contributed by atoms with Crippen LogP contribution in [0.4, 0.5) is 10.1 Å². The van der Waals surface area contributed by atoms with Gasteiger partial charge in [0, 0.05) is 34.7 Å². The first-order valence-corrected chi connectivity index (χ1v) is 8.49. The Hall–Kier alpha value is -3.54. The van der Waals surface area contributed by atoms with E-state index in [1.807, 2.05) is 6.92 Å². The Balaban J connectivity index is 1.78. The van der Waals surface area contributed by atoms with E-state index in [0.717, 1.165) is 0 Å². The van der Waals surface area contributed by atoms with Gasteiger partial charge in [-0.1, -0.05) is 37.3 Å². The number of hydrogen-bond donors (Lipinski definition) is 2. The van der Waals surface area contributed by atoms with Gasteiger partial charge in [0.15, 0.2) is 0 Å². The summed E-state index contributed by atoms with van der Waals surface area (Å²) in [6.07, 6.45) is 3.33. The minimum Gasteiger partial charge on any atom is -0.322 e. The molecule has 6 heteroatoms. The second kappa shape index (κ2) is 8.23. The first kappa shape index (κ1) is 18.3. The molecule has 1 amide bonds. The van der Waals surface area contributed by atoms with Crippen LogP contribution in [0.2, 0.25) is 0 Å². The maximum atomic E-state index is 13.6. The highest BCUT2D eigenvalue weighted by atomic mass is 19.1. The third-order valence-electron chi connectivity index (χ3n) is 3.88. The fourth-order valence-electron chi connectivity index (χ4n) is 2.53. The molecule has 0 atom stereocenters. The maximum absolute atomic E-state index is 13.6. The summed E-state index contributed by atoms with van der Waals surface area (Å²) in [6, 6.07) is 14.6. The summed E-state index contributed by atoms with van der Waals surface area (Å²) in [6.45, 7) is 1.92. The molecule has 0 saturated heterocycles. The minimum absolute atomic E-state index is 0.223. The van der Waals surface area contributed by atoms with Crippen LogP contribution in [0.5, 0.6) is 0 Å². The maximum Gasteiger partial charge on any atom is 0.251 e. The predicted molar refractivity (Wildman–Crippen MR) is 104 cm³/mol. The second-order valence-electron chi connectivity index (χ2n) is 5.86. The molecule has 2 aromatic carbocycles. The number of nitrogens with zero attached hydrogens (tertiary/aromatic N) is 1. The van der Waals surface area contributed by atoms with Crippen molar-refractivity contribution in [3.05, 3.63) is 88.1 Å². The highest BCUT2D eigenvalue weighted by molar-refractivity contribution is 6.02. The SMILES string of the molecule is CCc1cc(=O)[nH]c(-c2cccc(NC(=O)C=Cc3ccccc3F)c2)n1. The Morgan fingerprint density at radius 1 is 1.19 bits per heavy atom. The molecule has 0 aliphatic heterocycles. The van der Waals surface area contributed by atoms with Crippen molar-refractivity contribution in [1.29, 1.82) is 0 Å². The standard InChI is InChI=1S/C21H18FN3O2/c1-2-16-13-20(27)25-21(24-16)15-7-5-8-17(12-15)23-19(26)11-10-14-6-3-4-9-18(14)22/h3-13H,2H2,1H3,(H,23,26)(H,24,25,27). The smallest absolute Gasteiger partial charge is 0.251 e. The Bertz CT molecular complexity index is 1060. The third kappa shape index (κ3) is 4.76. The molecule has 0 bridgehead atoms.